The summed E-state index contributed by atoms with van der Waals surface area (Å²) in [6.45, 7) is 1.83. The molecule has 132 valence electrons. The Balaban J connectivity index is 1.60. The number of hydrogen-bond acceptors (Lipinski definition) is 3. The summed E-state index contributed by atoms with van der Waals surface area (Å²) in [5, 5.41) is 3.00. The quantitative estimate of drug-likeness (QED) is 0.866. The SMILES string of the molecule is Cc1c(NC(=O)[C@@H]2CCc3ccccc32)cccc1N1C(=O)CCC1=O. The van der Waals surface area contributed by atoms with Crippen molar-refractivity contribution in [3.8, 4) is 0 Å². The third-order valence-electron chi connectivity index (χ3n) is 5.30. The van der Waals surface area contributed by atoms with E-state index in [-0.39, 0.29) is 36.5 Å². The van der Waals surface area contributed by atoms with Crippen LogP contribution < -0.4 is 10.2 Å². The summed E-state index contributed by atoms with van der Waals surface area (Å²) in [7, 11) is 0. The number of rotatable bonds is 3. The van der Waals surface area contributed by atoms with E-state index in [0.29, 0.717) is 11.4 Å². The lowest BCUT2D eigenvalue weighted by Gasteiger charge is -2.20. The van der Waals surface area contributed by atoms with Gasteiger partial charge in [0, 0.05) is 18.5 Å². The second-order valence-corrected chi connectivity index (χ2v) is 6.85. The molecule has 2 aromatic carbocycles. The largest absolute Gasteiger partial charge is 0.325 e. The minimum atomic E-state index is -0.189. The molecule has 1 heterocycles. The number of carbonyl (C=O) groups is 3. The van der Waals surface area contributed by atoms with Crippen molar-refractivity contribution >= 4 is 29.1 Å². The molecule has 4 rings (SSSR count). The molecule has 0 saturated carbocycles. The van der Waals surface area contributed by atoms with Gasteiger partial charge in [0.25, 0.3) is 0 Å². The molecule has 5 nitrogen and oxygen atoms in total. The molecule has 1 N–H and O–H groups in total. The Labute approximate surface area is 152 Å². The summed E-state index contributed by atoms with van der Waals surface area (Å²) in [5.74, 6) is -0.587. The normalized spacial score (nSPS) is 19.0. The Bertz CT molecular complexity index is 903. The van der Waals surface area contributed by atoms with E-state index in [4.69, 9.17) is 0 Å². The highest BCUT2D eigenvalue weighted by Crippen LogP contribution is 2.35. The lowest BCUT2D eigenvalue weighted by molar-refractivity contribution is -0.121. The van der Waals surface area contributed by atoms with Crippen LogP contribution in [0, 0.1) is 6.92 Å². The molecule has 0 bridgehead atoms. The third-order valence-corrected chi connectivity index (χ3v) is 5.30. The smallest absolute Gasteiger partial charge is 0.234 e. The monoisotopic (exact) mass is 348 g/mol. The number of fused-ring (bicyclic) bond motifs is 1. The van der Waals surface area contributed by atoms with Crippen LogP contribution in [-0.4, -0.2) is 17.7 Å². The van der Waals surface area contributed by atoms with Crippen molar-refractivity contribution in [3.05, 3.63) is 59.2 Å². The number of anilines is 2. The fraction of sp³-hybridized carbons (Fsp3) is 0.286. The first-order chi connectivity index (χ1) is 12.6. The van der Waals surface area contributed by atoms with Crippen LogP contribution in [0.4, 0.5) is 11.4 Å². The Kier molecular flexibility index (Phi) is 4.07. The first-order valence-corrected chi connectivity index (χ1v) is 8.90. The molecule has 1 saturated heterocycles. The number of imide groups is 1. The van der Waals surface area contributed by atoms with Gasteiger partial charge in [0.05, 0.1) is 11.6 Å². The molecule has 2 aliphatic rings. The van der Waals surface area contributed by atoms with Gasteiger partial charge in [-0.1, -0.05) is 30.3 Å². The minimum absolute atomic E-state index is 0.0470. The van der Waals surface area contributed by atoms with Gasteiger partial charge in [0.2, 0.25) is 17.7 Å². The van der Waals surface area contributed by atoms with E-state index in [2.05, 4.69) is 11.4 Å². The molecule has 1 aliphatic heterocycles. The topological polar surface area (TPSA) is 66.5 Å². The summed E-state index contributed by atoms with van der Waals surface area (Å²) >= 11 is 0. The predicted molar refractivity (Wildman–Crippen MR) is 99.0 cm³/mol. The van der Waals surface area contributed by atoms with Crippen molar-refractivity contribution < 1.29 is 14.4 Å². The molecule has 1 fully saturated rings. The number of nitrogens with zero attached hydrogens (tertiary/aromatic N) is 1. The van der Waals surface area contributed by atoms with Gasteiger partial charge in [-0.3, -0.25) is 19.3 Å². The van der Waals surface area contributed by atoms with Gasteiger partial charge < -0.3 is 5.32 Å². The maximum absolute atomic E-state index is 12.8. The zero-order valence-corrected chi connectivity index (χ0v) is 14.6. The zero-order valence-electron chi connectivity index (χ0n) is 14.6. The van der Waals surface area contributed by atoms with E-state index in [9.17, 15) is 14.4 Å². The molecule has 26 heavy (non-hydrogen) atoms. The first kappa shape index (κ1) is 16.5. The molecule has 2 aromatic rings. The van der Waals surface area contributed by atoms with Gasteiger partial charge in [-0.15, -0.1) is 0 Å². The van der Waals surface area contributed by atoms with E-state index >= 15 is 0 Å². The summed E-state index contributed by atoms with van der Waals surface area (Å²) < 4.78 is 0. The van der Waals surface area contributed by atoms with Gasteiger partial charge in [-0.2, -0.15) is 0 Å². The summed E-state index contributed by atoms with van der Waals surface area (Å²) in [6, 6.07) is 13.4. The van der Waals surface area contributed by atoms with Gasteiger partial charge in [0.1, 0.15) is 0 Å². The Hall–Kier alpha value is -2.95. The predicted octanol–water partition coefficient (Wildman–Crippen LogP) is 3.32. The second kappa shape index (κ2) is 6.41. The zero-order chi connectivity index (χ0) is 18.3. The molecular weight excluding hydrogens is 328 g/mol. The van der Waals surface area contributed by atoms with Crippen LogP contribution in [0.2, 0.25) is 0 Å². The van der Waals surface area contributed by atoms with E-state index in [1.807, 2.05) is 31.2 Å². The van der Waals surface area contributed by atoms with Crippen molar-refractivity contribution in [2.45, 2.75) is 38.5 Å². The number of hydrogen-bond donors (Lipinski definition) is 1. The van der Waals surface area contributed by atoms with Crippen LogP contribution >= 0.6 is 0 Å². The number of carbonyl (C=O) groups excluding carboxylic acids is 3. The highest BCUT2D eigenvalue weighted by molar-refractivity contribution is 6.20. The van der Waals surface area contributed by atoms with Crippen LogP contribution in [0.1, 0.15) is 41.9 Å². The minimum Gasteiger partial charge on any atom is -0.325 e. The van der Waals surface area contributed by atoms with Gasteiger partial charge in [-0.05, 0) is 48.6 Å². The lowest BCUT2D eigenvalue weighted by Crippen LogP contribution is -2.29. The van der Waals surface area contributed by atoms with Crippen LogP contribution in [0.3, 0.4) is 0 Å². The third kappa shape index (κ3) is 2.69. The highest BCUT2D eigenvalue weighted by Gasteiger charge is 2.32. The fourth-order valence-electron chi connectivity index (χ4n) is 3.90. The lowest BCUT2D eigenvalue weighted by atomic mass is 10.00. The maximum Gasteiger partial charge on any atom is 0.234 e. The number of amides is 3. The Morgan fingerprint density at radius 3 is 2.50 bits per heavy atom. The molecule has 0 aromatic heterocycles. The molecule has 1 aliphatic carbocycles. The molecule has 5 heteroatoms. The molecular formula is C21H20N2O3. The molecule has 0 unspecified atom stereocenters. The van der Waals surface area contributed by atoms with E-state index in [1.165, 1.54) is 10.5 Å². The number of nitrogens with one attached hydrogen (secondary N) is 1. The van der Waals surface area contributed by atoms with Gasteiger partial charge in [-0.25, -0.2) is 0 Å². The number of benzene rings is 2. The van der Waals surface area contributed by atoms with Crippen LogP contribution in [0.25, 0.3) is 0 Å². The highest BCUT2D eigenvalue weighted by atomic mass is 16.2. The van der Waals surface area contributed by atoms with Gasteiger partial charge in [0.15, 0.2) is 0 Å². The summed E-state index contributed by atoms with van der Waals surface area (Å²) in [6.07, 6.45) is 2.19. The van der Waals surface area contributed by atoms with E-state index < -0.39 is 0 Å². The average molecular weight is 348 g/mol. The average Bonchev–Trinajstić information content (AvgIpc) is 3.21. The molecule has 0 spiro atoms. The van der Waals surface area contributed by atoms with Crippen LogP contribution in [0.5, 0.6) is 0 Å². The second-order valence-electron chi connectivity index (χ2n) is 6.85. The Morgan fingerprint density at radius 1 is 1.00 bits per heavy atom. The standard InChI is InChI=1S/C21H20N2O3/c1-13-17(7-4-8-18(13)23-19(24)11-12-20(23)25)22-21(26)16-10-9-14-5-2-3-6-15(14)16/h2-8,16H,9-12H2,1H3,(H,22,26)/t16-/m1/s1. The van der Waals surface area contributed by atoms with E-state index in [0.717, 1.165) is 24.0 Å². The summed E-state index contributed by atoms with van der Waals surface area (Å²) in [5.41, 5.74) is 4.25. The van der Waals surface area contributed by atoms with Crippen LogP contribution in [-0.2, 0) is 20.8 Å². The molecule has 1 atom stereocenters. The first-order valence-electron chi connectivity index (χ1n) is 8.90. The van der Waals surface area contributed by atoms with Crippen molar-refractivity contribution in [3.63, 3.8) is 0 Å². The van der Waals surface area contributed by atoms with Crippen molar-refractivity contribution in [1.29, 1.82) is 0 Å². The maximum atomic E-state index is 12.8. The molecule has 0 radical (unpaired) electrons. The van der Waals surface area contributed by atoms with Crippen molar-refractivity contribution in [2.75, 3.05) is 10.2 Å². The van der Waals surface area contributed by atoms with Crippen molar-refractivity contribution in [1.82, 2.24) is 0 Å². The van der Waals surface area contributed by atoms with Crippen molar-refractivity contribution in [2.24, 2.45) is 0 Å². The van der Waals surface area contributed by atoms with Gasteiger partial charge >= 0.3 is 0 Å². The summed E-state index contributed by atoms with van der Waals surface area (Å²) in [4.78, 5) is 38.1. The number of aryl methyl sites for hydroxylation is 1. The fourth-order valence-corrected chi connectivity index (χ4v) is 3.90. The van der Waals surface area contributed by atoms with Crippen LogP contribution in [0.15, 0.2) is 42.5 Å². The van der Waals surface area contributed by atoms with E-state index in [1.54, 1.807) is 12.1 Å². The Morgan fingerprint density at radius 2 is 1.73 bits per heavy atom. The molecule has 3 amide bonds.